The zero-order chi connectivity index (χ0) is 11.6. The molecule has 0 amide bonds. The topological polar surface area (TPSA) is 122 Å². The quantitative estimate of drug-likeness (QED) is 0.366. The summed E-state index contributed by atoms with van der Waals surface area (Å²) in [5, 5.41) is 27.9. The highest BCUT2D eigenvalue weighted by atomic mass is 16.6. The highest BCUT2D eigenvalue weighted by molar-refractivity contribution is 5.75. The lowest BCUT2D eigenvalue weighted by atomic mass is 9.93. The van der Waals surface area contributed by atoms with Gasteiger partial charge in [-0.3, -0.25) is 0 Å². The van der Waals surface area contributed by atoms with Crippen molar-refractivity contribution in [3.05, 3.63) is 0 Å². The molecule has 1 fully saturated rings. The summed E-state index contributed by atoms with van der Waals surface area (Å²) in [6.07, 6.45) is -4.83. The minimum Gasteiger partial charge on any atom is -0.467 e. The van der Waals surface area contributed by atoms with Crippen LogP contribution in [-0.4, -0.2) is 65.5 Å². The predicted octanol–water partition coefficient (Wildman–Crippen LogP) is -3.03. The molecule has 7 heteroatoms. The Morgan fingerprint density at radius 2 is 2.07 bits per heavy atom. The predicted molar refractivity (Wildman–Crippen MR) is 47.8 cm³/mol. The fourth-order valence-electron chi connectivity index (χ4n) is 1.46. The molecule has 0 spiro atoms. The maximum Gasteiger partial charge on any atom is 0.337 e. The van der Waals surface area contributed by atoms with Crippen molar-refractivity contribution in [1.29, 1.82) is 0 Å². The van der Waals surface area contributed by atoms with E-state index >= 15 is 0 Å². The molecule has 0 bridgehead atoms. The largest absolute Gasteiger partial charge is 0.467 e. The van der Waals surface area contributed by atoms with Gasteiger partial charge in [-0.15, -0.1) is 0 Å². The second kappa shape index (κ2) is 4.86. The van der Waals surface area contributed by atoms with Gasteiger partial charge in [0.25, 0.3) is 0 Å². The van der Waals surface area contributed by atoms with Gasteiger partial charge in [-0.05, 0) is 0 Å². The standard InChI is InChI=1S/C8H15NO6/c1-14-8(13)7-6(12)4(9)5(11)3(2-10)15-7/h3-7,10-12H,2,9H2,1H3. The van der Waals surface area contributed by atoms with Crippen LogP contribution in [0.4, 0.5) is 0 Å². The first-order valence-electron chi connectivity index (χ1n) is 4.48. The van der Waals surface area contributed by atoms with Gasteiger partial charge in [-0.1, -0.05) is 0 Å². The molecule has 5 unspecified atom stereocenters. The van der Waals surface area contributed by atoms with Gasteiger partial charge in [0.1, 0.15) is 18.3 Å². The molecule has 0 radical (unpaired) electrons. The molecule has 0 aromatic heterocycles. The maximum atomic E-state index is 11.2. The highest BCUT2D eigenvalue weighted by Gasteiger charge is 2.45. The third kappa shape index (κ3) is 2.27. The van der Waals surface area contributed by atoms with Gasteiger partial charge in [0.05, 0.1) is 19.8 Å². The van der Waals surface area contributed by atoms with E-state index < -0.39 is 43.0 Å². The van der Waals surface area contributed by atoms with E-state index in [0.29, 0.717) is 0 Å². The van der Waals surface area contributed by atoms with E-state index in [-0.39, 0.29) is 0 Å². The summed E-state index contributed by atoms with van der Waals surface area (Å²) in [4.78, 5) is 11.2. The molecule has 1 heterocycles. The van der Waals surface area contributed by atoms with Gasteiger partial charge >= 0.3 is 5.97 Å². The third-order valence-electron chi connectivity index (χ3n) is 2.41. The lowest BCUT2D eigenvalue weighted by molar-refractivity contribution is -0.205. The molecule has 0 saturated carbocycles. The summed E-state index contributed by atoms with van der Waals surface area (Å²) < 4.78 is 9.37. The van der Waals surface area contributed by atoms with Crippen molar-refractivity contribution in [2.24, 2.45) is 5.73 Å². The van der Waals surface area contributed by atoms with Gasteiger partial charge < -0.3 is 30.5 Å². The van der Waals surface area contributed by atoms with Crippen LogP contribution in [0.2, 0.25) is 0 Å². The Bertz CT molecular complexity index is 233. The fraction of sp³-hybridized carbons (Fsp3) is 0.875. The Morgan fingerprint density at radius 3 is 2.53 bits per heavy atom. The van der Waals surface area contributed by atoms with Crippen molar-refractivity contribution in [3.63, 3.8) is 0 Å². The van der Waals surface area contributed by atoms with Gasteiger partial charge in [-0.2, -0.15) is 0 Å². The van der Waals surface area contributed by atoms with E-state index in [9.17, 15) is 15.0 Å². The number of rotatable bonds is 2. The van der Waals surface area contributed by atoms with Crippen LogP contribution in [0.5, 0.6) is 0 Å². The smallest absolute Gasteiger partial charge is 0.337 e. The Hall–Kier alpha value is -0.730. The first-order chi connectivity index (χ1) is 7.02. The van der Waals surface area contributed by atoms with E-state index in [1.165, 1.54) is 0 Å². The van der Waals surface area contributed by atoms with Gasteiger partial charge in [0.15, 0.2) is 6.10 Å². The molecule has 15 heavy (non-hydrogen) atoms. The molecule has 0 aromatic rings. The van der Waals surface area contributed by atoms with Gasteiger partial charge in [0.2, 0.25) is 0 Å². The lowest BCUT2D eigenvalue weighted by Gasteiger charge is -2.39. The molecule has 88 valence electrons. The van der Waals surface area contributed by atoms with Crippen LogP contribution in [0.1, 0.15) is 0 Å². The second-order valence-corrected chi connectivity index (χ2v) is 3.36. The van der Waals surface area contributed by atoms with Crippen molar-refractivity contribution < 1.29 is 29.6 Å². The minimum atomic E-state index is -1.35. The maximum absolute atomic E-state index is 11.2. The first-order valence-corrected chi connectivity index (χ1v) is 4.48. The summed E-state index contributed by atoms with van der Waals surface area (Å²) in [5.41, 5.74) is 5.47. The van der Waals surface area contributed by atoms with Crippen LogP contribution < -0.4 is 5.73 Å². The lowest BCUT2D eigenvalue weighted by Crippen LogP contribution is -2.64. The Morgan fingerprint density at radius 1 is 1.47 bits per heavy atom. The van der Waals surface area contributed by atoms with Crippen molar-refractivity contribution in [3.8, 4) is 0 Å². The monoisotopic (exact) mass is 221 g/mol. The van der Waals surface area contributed by atoms with Crippen LogP contribution in [0.25, 0.3) is 0 Å². The van der Waals surface area contributed by atoms with Gasteiger partial charge in [-0.25, -0.2) is 4.79 Å². The van der Waals surface area contributed by atoms with E-state index in [1.807, 2.05) is 0 Å². The zero-order valence-electron chi connectivity index (χ0n) is 8.24. The number of carbonyl (C=O) groups is 1. The molecular weight excluding hydrogens is 206 g/mol. The summed E-state index contributed by atoms with van der Waals surface area (Å²) >= 11 is 0. The normalized spacial score (nSPS) is 41.3. The van der Waals surface area contributed by atoms with Crippen LogP contribution in [0.15, 0.2) is 0 Å². The number of aliphatic hydroxyl groups excluding tert-OH is 3. The van der Waals surface area contributed by atoms with E-state index in [0.717, 1.165) is 7.11 Å². The van der Waals surface area contributed by atoms with Crippen molar-refractivity contribution >= 4 is 5.97 Å². The number of ether oxygens (including phenoxy) is 2. The summed E-state index contributed by atoms with van der Waals surface area (Å²) in [6, 6.07) is -1.06. The molecule has 0 aliphatic carbocycles. The number of methoxy groups -OCH3 is 1. The molecule has 0 aromatic carbocycles. The second-order valence-electron chi connectivity index (χ2n) is 3.36. The highest BCUT2D eigenvalue weighted by Crippen LogP contribution is 2.20. The molecular formula is C8H15NO6. The van der Waals surface area contributed by atoms with Crippen molar-refractivity contribution in [2.45, 2.75) is 30.5 Å². The molecule has 1 aliphatic heterocycles. The number of hydrogen-bond donors (Lipinski definition) is 4. The van der Waals surface area contributed by atoms with Crippen LogP contribution in [-0.2, 0) is 14.3 Å². The van der Waals surface area contributed by atoms with Gasteiger partial charge in [0, 0.05) is 0 Å². The fourth-order valence-corrected chi connectivity index (χ4v) is 1.46. The minimum absolute atomic E-state index is 0.491. The Kier molecular flexibility index (Phi) is 4.00. The number of aliphatic hydroxyl groups is 3. The SMILES string of the molecule is COC(=O)C1OC(CO)C(O)C(N)C1O. The molecule has 1 saturated heterocycles. The average molecular weight is 221 g/mol. The molecule has 5 atom stereocenters. The van der Waals surface area contributed by atoms with Crippen molar-refractivity contribution in [1.82, 2.24) is 0 Å². The van der Waals surface area contributed by atoms with Crippen LogP contribution in [0.3, 0.4) is 0 Å². The van der Waals surface area contributed by atoms with E-state index in [4.69, 9.17) is 15.6 Å². The molecule has 5 N–H and O–H groups in total. The van der Waals surface area contributed by atoms with Crippen molar-refractivity contribution in [2.75, 3.05) is 13.7 Å². The summed E-state index contributed by atoms with van der Waals surface area (Å²) in [7, 11) is 1.14. The molecule has 1 aliphatic rings. The molecule has 7 nitrogen and oxygen atoms in total. The van der Waals surface area contributed by atoms with E-state index in [2.05, 4.69) is 4.74 Å². The zero-order valence-corrected chi connectivity index (χ0v) is 8.24. The van der Waals surface area contributed by atoms with Crippen LogP contribution in [0, 0.1) is 0 Å². The Balaban J connectivity index is 2.78. The summed E-state index contributed by atoms with van der Waals surface area (Å²) in [6.45, 7) is -0.491. The number of hydrogen-bond acceptors (Lipinski definition) is 7. The van der Waals surface area contributed by atoms with E-state index in [1.54, 1.807) is 0 Å². The third-order valence-corrected chi connectivity index (χ3v) is 2.41. The molecule has 1 rings (SSSR count). The number of nitrogens with two attached hydrogens (primary N) is 1. The first kappa shape index (κ1) is 12.3. The Labute approximate surface area is 86.4 Å². The van der Waals surface area contributed by atoms with Crippen LogP contribution >= 0.6 is 0 Å². The summed E-state index contributed by atoms with van der Waals surface area (Å²) in [5.74, 6) is -0.789. The number of esters is 1. The average Bonchev–Trinajstić information content (AvgIpc) is 2.25. The number of carbonyl (C=O) groups excluding carboxylic acids is 1.